The molecular weight excluding hydrogens is 288 g/mol. The average Bonchev–Trinajstić information content (AvgIpc) is 2.92. The summed E-state index contributed by atoms with van der Waals surface area (Å²) in [5.41, 5.74) is 6.56. The number of anilines is 1. The smallest absolute Gasteiger partial charge is 0.241 e. The zero-order valence-electron chi connectivity index (χ0n) is 12.7. The molecule has 1 unspecified atom stereocenters. The highest BCUT2D eigenvalue weighted by molar-refractivity contribution is 5.94. The van der Waals surface area contributed by atoms with Gasteiger partial charge in [-0.3, -0.25) is 4.79 Å². The molecule has 0 bridgehead atoms. The molecule has 118 valence electrons. The first-order chi connectivity index (χ1) is 9.56. The van der Waals surface area contributed by atoms with Crippen LogP contribution in [0.15, 0.2) is 24.3 Å². The predicted molar refractivity (Wildman–Crippen MR) is 88.0 cm³/mol. The van der Waals surface area contributed by atoms with Crippen LogP contribution in [0.1, 0.15) is 39.5 Å². The Labute approximate surface area is 132 Å². The van der Waals surface area contributed by atoms with Crippen molar-refractivity contribution in [2.75, 3.05) is 5.32 Å². The van der Waals surface area contributed by atoms with Gasteiger partial charge in [-0.15, -0.1) is 12.4 Å². The van der Waals surface area contributed by atoms with Gasteiger partial charge in [0.1, 0.15) is 5.75 Å². The average molecular weight is 313 g/mol. The SMILES string of the molecule is CC(C)C(N)C(=O)Nc1ccc(OC2CCCC2)cc1.Cl. The third-order valence-electron chi connectivity index (χ3n) is 3.75. The van der Waals surface area contributed by atoms with Crippen molar-refractivity contribution in [1.82, 2.24) is 0 Å². The van der Waals surface area contributed by atoms with Crippen molar-refractivity contribution >= 4 is 24.0 Å². The molecule has 1 amide bonds. The first-order valence-corrected chi connectivity index (χ1v) is 7.39. The summed E-state index contributed by atoms with van der Waals surface area (Å²) in [6.45, 7) is 3.87. The highest BCUT2D eigenvalue weighted by Crippen LogP contribution is 2.25. The molecule has 0 spiro atoms. The van der Waals surface area contributed by atoms with Crippen LogP contribution in [0.2, 0.25) is 0 Å². The van der Waals surface area contributed by atoms with Gasteiger partial charge in [-0.25, -0.2) is 0 Å². The Kier molecular flexibility index (Phi) is 6.99. The van der Waals surface area contributed by atoms with Crippen molar-refractivity contribution in [3.8, 4) is 5.75 Å². The van der Waals surface area contributed by atoms with Gasteiger partial charge in [-0.2, -0.15) is 0 Å². The lowest BCUT2D eigenvalue weighted by Crippen LogP contribution is -2.39. The minimum atomic E-state index is -0.482. The fourth-order valence-electron chi connectivity index (χ4n) is 2.34. The third-order valence-corrected chi connectivity index (χ3v) is 3.75. The fraction of sp³-hybridized carbons (Fsp3) is 0.562. The molecule has 1 saturated carbocycles. The van der Waals surface area contributed by atoms with Crippen LogP contribution in [0.5, 0.6) is 5.75 Å². The molecule has 3 N–H and O–H groups in total. The van der Waals surface area contributed by atoms with Crippen molar-refractivity contribution in [2.24, 2.45) is 11.7 Å². The quantitative estimate of drug-likeness (QED) is 0.876. The molecule has 1 aromatic carbocycles. The van der Waals surface area contributed by atoms with Crippen molar-refractivity contribution in [3.63, 3.8) is 0 Å². The number of nitrogens with two attached hydrogens (primary N) is 1. The standard InChI is InChI=1S/C16H24N2O2.ClH/c1-11(2)15(17)16(19)18-12-7-9-14(10-8-12)20-13-5-3-4-6-13;/h7-11,13,15H,3-6,17H2,1-2H3,(H,18,19);1H. The van der Waals surface area contributed by atoms with Crippen molar-refractivity contribution < 1.29 is 9.53 Å². The van der Waals surface area contributed by atoms with E-state index in [4.69, 9.17) is 10.5 Å². The van der Waals surface area contributed by atoms with Gasteiger partial charge in [-0.1, -0.05) is 13.8 Å². The molecule has 5 heteroatoms. The van der Waals surface area contributed by atoms with Gasteiger partial charge in [0.05, 0.1) is 12.1 Å². The zero-order valence-corrected chi connectivity index (χ0v) is 13.5. The van der Waals surface area contributed by atoms with E-state index in [1.807, 2.05) is 38.1 Å². The molecular formula is C16H25ClN2O2. The second kappa shape index (κ2) is 8.25. The maximum atomic E-state index is 11.9. The molecule has 0 aromatic heterocycles. The van der Waals surface area contributed by atoms with Crippen molar-refractivity contribution in [2.45, 2.75) is 51.7 Å². The number of nitrogens with one attached hydrogen (secondary N) is 1. The summed E-state index contributed by atoms with van der Waals surface area (Å²) in [4.78, 5) is 11.9. The van der Waals surface area contributed by atoms with Crippen molar-refractivity contribution in [3.05, 3.63) is 24.3 Å². The number of amides is 1. The van der Waals surface area contributed by atoms with Crippen LogP contribution in [-0.2, 0) is 4.79 Å². The number of carbonyl (C=O) groups excluding carboxylic acids is 1. The highest BCUT2D eigenvalue weighted by atomic mass is 35.5. The molecule has 1 atom stereocenters. The monoisotopic (exact) mass is 312 g/mol. The van der Waals surface area contributed by atoms with E-state index < -0.39 is 6.04 Å². The maximum Gasteiger partial charge on any atom is 0.241 e. The Balaban J connectivity index is 0.00000220. The molecule has 0 radical (unpaired) electrons. The zero-order chi connectivity index (χ0) is 14.5. The molecule has 0 saturated heterocycles. The Morgan fingerprint density at radius 1 is 1.24 bits per heavy atom. The van der Waals surface area contributed by atoms with E-state index in [0.717, 1.165) is 24.3 Å². The summed E-state index contributed by atoms with van der Waals surface area (Å²) in [6, 6.07) is 7.03. The Bertz CT molecular complexity index is 442. The first kappa shape index (κ1) is 17.8. The Morgan fingerprint density at radius 2 is 1.81 bits per heavy atom. The molecule has 21 heavy (non-hydrogen) atoms. The number of hydrogen-bond donors (Lipinski definition) is 2. The van der Waals surface area contributed by atoms with Crippen molar-refractivity contribution in [1.29, 1.82) is 0 Å². The van der Waals surface area contributed by atoms with Crippen LogP contribution in [0.3, 0.4) is 0 Å². The molecule has 1 aliphatic rings. The third kappa shape index (κ3) is 5.21. The predicted octanol–water partition coefficient (Wildman–Crippen LogP) is 3.35. The van der Waals surface area contributed by atoms with Gasteiger partial charge >= 0.3 is 0 Å². The first-order valence-electron chi connectivity index (χ1n) is 7.39. The van der Waals surface area contributed by atoms with Gasteiger partial charge in [0.2, 0.25) is 5.91 Å². The second-order valence-electron chi connectivity index (χ2n) is 5.81. The Hall–Kier alpha value is -1.26. The molecule has 1 fully saturated rings. The van der Waals surface area contributed by atoms with Crippen LogP contribution in [0.4, 0.5) is 5.69 Å². The summed E-state index contributed by atoms with van der Waals surface area (Å²) in [5, 5.41) is 2.82. The molecule has 0 aliphatic heterocycles. The van der Waals surface area contributed by atoms with Gasteiger partial charge in [0.15, 0.2) is 0 Å². The van der Waals surface area contributed by atoms with Crippen LogP contribution in [0.25, 0.3) is 0 Å². The van der Waals surface area contributed by atoms with E-state index in [2.05, 4.69) is 5.32 Å². The Morgan fingerprint density at radius 3 is 2.33 bits per heavy atom. The van der Waals surface area contributed by atoms with Crippen LogP contribution in [0, 0.1) is 5.92 Å². The summed E-state index contributed by atoms with van der Waals surface area (Å²) in [6.07, 6.45) is 5.14. The molecule has 0 heterocycles. The largest absolute Gasteiger partial charge is 0.490 e. The van der Waals surface area contributed by atoms with Gasteiger partial charge in [-0.05, 0) is 55.9 Å². The summed E-state index contributed by atoms with van der Waals surface area (Å²) >= 11 is 0. The lowest BCUT2D eigenvalue weighted by atomic mass is 10.1. The number of rotatable bonds is 5. The van der Waals surface area contributed by atoms with Crippen LogP contribution < -0.4 is 15.8 Å². The second-order valence-corrected chi connectivity index (χ2v) is 5.81. The van der Waals surface area contributed by atoms with E-state index in [0.29, 0.717) is 6.10 Å². The maximum absolute atomic E-state index is 11.9. The van der Waals surface area contributed by atoms with E-state index in [1.165, 1.54) is 12.8 Å². The minimum absolute atomic E-state index is 0. The van der Waals surface area contributed by atoms with Gasteiger partial charge in [0, 0.05) is 5.69 Å². The van der Waals surface area contributed by atoms with E-state index in [9.17, 15) is 4.79 Å². The molecule has 4 nitrogen and oxygen atoms in total. The number of hydrogen-bond acceptors (Lipinski definition) is 3. The van der Waals surface area contributed by atoms with E-state index in [1.54, 1.807) is 0 Å². The fourth-order valence-corrected chi connectivity index (χ4v) is 2.34. The molecule has 1 aromatic rings. The number of benzene rings is 1. The topological polar surface area (TPSA) is 64.4 Å². The number of carbonyl (C=O) groups is 1. The summed E-state index contributed by atoms with van der Waals surface area (Å²) in [5.74, 6) is 0.840. The van der Waals surface area contributed by atoms with Crippen LogP contribution >= 0.6 is 12.4 Å². The van der Waals surface area contributed by atoms with Gasteiger partial charge in [0.25, 0.3) is 0 Å². The normalized spacial score (nSPS) is 16.4. The van der Waals surface area contributed by atoms with Gasteiger partial charge < -0.3 is 15.8 Å². The van der Waals surface area contributed by atoms with E-state index in [-0.39, 0.29) is 24.2 Å². The lowest BCUT2D eigenvalue weighted by molar-refractivity contribution is -0.118. The van der Waals surface area contributed by atoms with E-state index >= 15 is 0 Å². The molecule has 1 aliphatic carbocycles. The molecule has 2 rings (SSSR count). The number of ether oxygens (including phenoxy) is 1. The van der Waals surface area contributed by atoms with Crippen LogP contribution in [-0.4, -0.2) is 18.1 Å². The highest BCUT2D eigenvalue weighted by Gasteiger charge is 2.18. The lowest BCUT2D eigenvalue weighted by Gasteiger charge is -2.16. The summed E-state index contributed by atoms with van der Waals surface area (Å²) < 4.78 is 5.88. The number of halogens is 1. The minimum Gasteiger partial charge on any atom is -0.490 e. The summed E-state index contributed by atoms with van der Waals surface area (Å²) in [7, 11) is 0.